The number of carboxylic acid groups (broad SMARTS) is 1. The monoisotopic (exact) mass is 353 g/mol. The van der Waals surface area contributed by atoms with Gasteiger partial charge in [0.15, 0.2) is 0 Å². The number of halogens is 1. The maximum atomic E-state index is 13.9. The van der Waals surface area contributed by atoms with Crippen molar-refractivity contribution in [3.05, 3.63) is 34.5 Å². The number of carbonyl (C=O) groups is 2. The lowest BCUT2D eigenvalue weighted by atomic mass is 9.91. The van der Waals surface area contributed by atoms with Gasteiger partial charge in [0.05, 0.1) is 12.5 Å². The lowest BCUT2D eigenvalue weighted by Crippen LogP contribution is -2.41. The highest BCUT2D eigenvalue weighted by molar-refractivity contribution is 7.99. The van der Waals surface area contributed by atoms with Crippen LogP contribution in [0.2, 0.25) is 0 Å². The van der Waals surface area contributed by atoms with Gasteiger partial charge in [0, 0.05) is 18.0 Å². The molecule has 3 aliphatic rings. The molecule has 1 aliphatic carbocycles. The quantitative estimate of drug-likeness (QED) is 0.815. The topological polar surface area (TPSA) is 77.8 Å². The van der Waals surface area contributed by atoms with Gasteiger partial charge in [-0.15, -0.1) is 0 Å². The van der Waals surface area contributed by atoms with Crippen molar-refractivity contribution in [1.82, 2.24) is 4.90 Å². The van der Waals surface area contributed by atoms with E-state index in [0.29, 0.717) is 16.8 Å². The fourth-order valence-electron chi connectivity index (χ4n) is 3.65. The fraction of sp³-hybridized carbons (Fsp3) is 0.529. The molecule has 2 aliphatic heterocycles. The first-order valence-electron chi connectivity index (χ1n) is 8.02. The number of aliphatic hydroxyl groups excluding tert-OH is 1. The maximum Gasteiger partial charge on any atom is 0.307 e. The van der Waals surface area contributed by atoms with Gasteiger partial charge in [0.1, 0.15) is 11.6 Å². The van der Waals surface area contributed by atoms with E-state index in [1.54, 1.807) is 11.8 Å². The van der Waals surface area contributed by atoms with Crippen LogP contribution in [0.4, 0.5) is 4.39 Å². The number of aliphatic hydroxyl groups is 1. The first kappa shape index (κ1) is 17.1. The average Bonchev–Trinajstić information content (AvgIpc) is 2.80. The Morgan fingerprint density at radius 3 is 2.67 bits per heavy atom. The second kappa shape index (κ2) is 6.63. The number of fused-ring (bicyclic) bond motifs is 1. The number of aliphatic carboxylic acids is 1. The molecule has 7 heteroatoms. The summed E-state index contributed by atoms with van der Waals surface area (Å²) in [4.78, 5) is 25.7. The summed E-state index contributed by atoms with van der Waals surface area (Å²) in [6.45, 7) is 1.71. The van der Waals surface area contributed by atoms with Crippen LogP contribution in [0.5, 0.6) is 0 Å². The van der Waals surface area contributed by atoms with E-state index in [1.165, 1.54) is 6.08 Å². The lowest BCUT2D eigenvalue weighted by Gasteiger charge is -2.33. The molecule has 0 spiro atoms. The van der Waals surface area contributed by atoms with Crippen LogP contribution < -0.4 is 0 Å². The Hall–Kier alpha value is -1.76. The summed E-state index contributed by atoms with van der Waals surface area (Å²) in [6, 6.07) is -0.544. The summed E-state index contributed by atoms with van der Waals surface area (Å²) in [7, 11) is 0. The molecule has 0 aromatic carbocycles. The second-order valence-electron chi connectivity index (χ2n) is 6.34. The zero-order valence-corrected chi connectivity index (χ0v) is 14.2. The third kappa shape index (κ3) is 2.97. The highest BCUT2D eigenvalue weighted by Crippen LogP contribution is 2.43. The zero-order chi connectivity index (χ0) is 17.4. The van der Waals surface area contributed by atoms with E-state index < -0.39 is 23.6 Å². The van der Waals surface area contributed by atoms with Crippen molar-refractivity contribution in [2.75, 3.05) is 11.5 Å². The Kier molecular flexibility index (Phi) is 4.71. The number of rotatable bonds is 3. The van der Waals surface area contributed by atoms with Gasteiger partial charge in [-0.3, -0.25) is 9.59 Å². The molecule has 5 nitrogen and oxygen atoms in total. The molecule has 0 aromatic rings. The smallest absolute Gasteiger partial charge is 0.307 e. The molecule has 0 bridgehead atoms. The highest BCUT2D eigenvalue weighted by Gasteiger charge is 2.43. The first-order chi connectivity index (χ1) is 11.4. The molecule has 1 unspecified atom stereocenters. The van der Waals surface area contributed by atoms with Crippen LogP contribution in [0.15, 0.2) is 34.5 Å². The molecule has 3 rings (SSSR count). The summed E-state index contributed by atoms with van der Waals surface area (Å²) in [5.74, 6) is -0.450. The Bertz CT molecular complexity index is 676. The maximum absolute atomic E-state index is 13.9. The van der Waals surface area contributed by atoms with Crippen molar-refractivity contribution in [3.63, 3.8) is 0 Å². The molecule has 2 N–H and O–H groups in total. The molecular formula is C17H20FNO4S. The van der Waals surface area contributed by atoms with Crippen LogP contribution in [0.3, 0.4) is 0 Å². The van der Waals surface area contributed by atoms with Gasteiger partial charge in [-0.05, 0) is 48.5 Å². The van der Waals surface area contributed by atoms with Crippen LogP contribution in [-0.2, 0) is 9.59 Å². The Morgan fingerprint density at radius 1 is 1.38 bits per heavy atom. The van der Waals surface area contributed by atoms with Gasteiger partial charge in [-0.25, -0.2) is 4.39 Å². The van der Waals surface area contributed by atoms with Crippen molar-refractivity contribution in [2.45, 2.75) is 38.6 Å². The Morgan fingerprint density at radius 2 is 2.04 bits per heavy atom. The molecule has 0 aromatic heterocycles. The molecule has 1 saturated heterocycles. The fourth-order valence-corrected chi connectivity index (χ4v) is 4.76. The summed E-state index contributed by atoms with van der Waals surface area (Å²) < 4.78 is 13.9. The predicted octanol–water partition coefficient (Wildman–Crippen LogP) is 3.16. The minimum absolute atomic E-state index is 0.0571. The molecule has 24 heavy (non-hydrogen) atoms. The number of allylic oxidation sites excluding steroid dienone is 2. The third-order valence-corrected chi connectivity index (χ3v) is 5.94. The highest BCUT2D eigenvalue weighted by atomic mass is 32.2. The summed E-state index contributed by atoms with van der Waals surface area (Å²) in [6.07, 6.45) is 2.50. The van der Waals surface area contributed by atoms with Gasteiger partial charge in [-0.2, -0.15) is 11.8 Å². The largest absolute Gasteiger partial charge is 0.505 e. The Labute approximate surface area is 143 Å². The van der Waals surface area contributed by atoms with Gasteiger partial charge >= 0.3 is 5.97 Å². The standard InChI is InChI=1S/C17H20FNO4S/c1-9-11(7-16(21)22)12-6-15(20)13(18)8-14(12)19(9)17(23)10-2-4-24-5-3-10/h6,10,14,20H,2-5,7-8H2,1H3,(H,21,22). The SMILES string of the molecule is CC1=C(CC(=O)O)C2=CC(O)=C(F)CC2N1C(=O)C1CCSCC1. The summed E-state index contributed by atoms with van der Waals surface area (Å²) in [5.41, 5.74) is 1.62. The molecule has 0 saturated carbocycles. The van der Waals surface area contributed by atoms with Crippen LogP contribution in [0.25, 0.3) is 0 Å². The van der Waals surface area contributed by atoms with Gasteiger partial charge in [0.2, 0.25) is 5.91 Å². The van der Waals surface area contributed by atoms with Crippen LogP contribution in [0.1, 0.15) is 32.6 Å². The van der Waals surface area contributed by atoms with Crippen LogP contribution in [0, 0.1) is 5.92 Å². The molecule has 2 heterocycles. The summed E-state index contributed by atoms with van der Waals surface area (Å²) in [5, 5.41) is 18.8. The molecular weight excluding hydrogens is 333 g/mol. The van der Waals surface area contributed by atoms with E-state index in [0.717, 1.165) is 24.3 Å². The molecule has 0 radical (unpaired) electrons. The zero-order valence-electron chi connectivity index (χ0n) is 13.4. The van der Waals surface area contributed by atoms with Crippen LogP contribution >= 0.6 is 11.8 Å². The predicted molar refractivity (Wildman–Crippen MR) is 89.1 cm³/mol. The van der Waals surface area contributed by atoms with E-state index in [9.17, 15) is 19.1 Å². The minimum atomic E-state index is -1.01. The molecule has 1 amide bonds. The van der Waals surface area contributed by atoms with Crippen molar-refractivity contribution in [1.29, 1.82) is 0 Å². The normalized spacial score (nSPS) is 25.0. The third-order valence-electron chi connectivity index (χ3n) is 4.90. The van der Waals surface area contributed by atoms with Crippen molar-refractivity contribution >= 4 is 23.6 Å². The van der Waals surface area contributed by atoms with Crippen molar-refractivity contribution in [2.24, 2.45) is 5.92 Å². The number of thioether (sulfide) groups is 1. The van der Waals surface area contributed by atoms with E-state index in [4.69, 9.17) is 5.11 Å². The average molecular weight is 353 g/mol. The number of amides is 1. The number of carbonyl (C=O) groups excluding carboxylic acids is 1. The van der Waals surface area contributed by atoms with E-state index >= 15 is 0 Å². The number of nitrogens with zero attached hydrogens (tertiary/aromatic N) is 1. The molecule has 1 fully saturated rings. The van der Waals surface area contributed by atoms with E-state index in [2.05, 4.69) is 0 Å². The number of carboxylic acids is 1. The van der Waals surface area contributed by atoms with Gasteiger partial charge in [0.25, 0.3) is 0 Å². The second-order valence-corrected chi connectivity index (χ2v) is 7.56. The number of hydrogen-bond acceptors (Lipinski definition) is 4. The van der Waals surface area contributed by atoms with Crippen molar-refractivity contribution < 1.29 is 24.2 Å². The lowest BCUT2D eigenvalue weighted by molar-refractivity contribution is -0.136. The summed E-state index contributed by atoms with van der Waals surface area (Å²) >= 11 is 1.82. The van der Waals surface area contributed by atoms with E-state index in [-0.39, 0.29) is 24.7 Å². The molecule has 1 atom stereocenters. The van der Waals surface area contributed by atoms with Gasteiger partial charge in [-0.1, -0.05) is 0 Å². The minimum Gasteiger partial charge on any atom is -0.505 e. The number of hydrogen-bond donors (Lipinski definition) is 2. The Balaban J connectivity index is 1.97. The van der Waals surface area contributed by atoms with E-state index in [1.807, 2.05) is 11.8 Å². The first-order valence-corrected chi connectivity index (χ1v) is 9.17. The van der Waals surface area contributed by atoms with Gasteiger partial charge < -0.3 is 15.1 Å². The molecule has 130 valence electrons. The van der Waals surface area contributed by atoms with Crippen molar-refractivity contribution in [3.8, 4) is 0 Å². The van der Waals surface area contributed by atoms with Crippen LogP contribution in [-0.4, -0.2) is 44.5 Å².